The summed E-state index contributed by atoms with van der Waals surface area (Å²) < 4.78 is 3.94. The Morgan fingerprint density at radius 3 is 2.79 bits per heavy atom. The van der Waals surface area contributed by atoms with Gasteiger partial charge in [-0.3, -0.25) is 0 Å². The van der Waals surface area contributed by atoms with Crippen LogP contribution in [-0.2, 0) is 0 Å². The van der Waals surface area contributed by atoms with Crippen molar-refractivity contribution < 1.29 is 5.11 Å². The van der Waals surface area contributed by atoms with E-state index < -0.39 is 0 Å². The van der Waals surface area contributed by atoms with E-state index in [4.69, 9.17) is 0 Å². The number of nitrogens with one attached hydrogen (secondary N) is 1. The van der Waals surface area contributed by atoms with Crippen molar-refractivity contribution in [3.8, 4) is 0 Å². The number of aliphatic hydroxyl groups excluding tert-OH is 1. The molecule has 1 fully saturated rings. The van der Waals surface area contributed by atoms with Crippen molar-refractivity contribution >= 4 is 16.7 Å². The smallest absolute Gasteiger partial charge is 0.202 e. The van der Waals surface area contributed by atoms with Gasteiger partial charge in [-0.15, -0.1) is 0 Å². The summed E-state index contributed by atoms with van der Waals surface area (Å²) in [6.07, 6.45) is 7.26. The lowest BCUT2D eigenvalue weighted by Gasteiger charge is -2.36. The van der Waals surface area contributed by atoms with Gasteiger partial charge in [0.05, 0.1) is 12.1 Å². The summed E-state index contributed by atoms with van der Waals surface area (Å²) in [6, 6.07) is 0. The first-order valence-electron chi connectivity index (χ1n) is 5.00. The van der Waals surface area contributed by atoms with Crippen molar-refractivity contribution in [1.29, 1.82) is 0 Å². The highest BCUT2D eigenvalue weighted by Gasteiger charge is 2.31. The Kier molecular flexibility index (Phi) is 2.98. The van der Waals surface area contributed by atoms with E-state index >= 15 is 0 Å². The van der Waals surface area contributed by atoms with Crippen LogP contribution >= 0.6 is 11.5 Å². The summed E-state index contributed by atoms with van der Waals surface area (Å²) in [6.45, 7) is 0.187. The van der Waals surface area contributed by atoms with Crippen molar-refractivity contribution in [2.24, 2.45) is 0 Å². The van der Waals surface area contributed by atoms with Gasteiger partial charge < -0.3 is 10.4 Å². The van der Waals surface area contributed by atoms with Crippen LogP contribution in [0.1, 0.15) is 32.1 Å². The third-order valence-electron chi connectivity index (χ3n) is 2.85. The summed E-state index contributed by atoms with van der Waals surface area (Å²) in [4.78, 5) is 4.09. The second kappa shape index (κ2) is 4.23. The Morgan fingerprint density at radius 2 is 2.21 bits per heavy atom. The molecule has 78 valence electrons. The predicted octanol–water partition coefficient (Wildman–Crippen LogP) is 1.65. The Balaban J connectivity index is 2.04. The number of nitrogens with zero attached hydrogens (tertiary/aromatic N) is 2. The molecule has 0 atom stereocenters. The second-order valence-electron chi connectivity index (χ2n) is 3.87. The molecule has 1 aliphatic carbocycles. The van der Waals surface area contributed by atoms with Gasteiger partial charge in [-0.1, -0.05) is 19.3 Å². The number of hydrogen-bond acceptors (Lipinski definition) is 5. The zero-order chi connectivity index (χ0) is 9.86. The van der Waals surface area contributed by atoms with Gasteiger partial charge in [-0.2, -0.15) is 4.37 Å². The summed E-state index contributed by atoms with van der Waals surface area (Å²) in [7, 11) is 0. The first-order chi connectivity index (χ1) is 6.85. The van der Waals surface area contributed by atoms with Gasteiger partial charge in [0.1, 0.15) is 6.33 Å². The van der Waals surface area contributed by atoms with E-state index in [-0.39, 0.29) is 12.1 Å². The van der Waals surface area contributed by atoms with Crippen LogP contribution in [0.2, 0.25) is 0 Å². The summed E-state index contributed by atoms with van der Waals surface area (Å²) in [5.41, 5.74) is -0.141. The second-order valence-corrected chi connectivity index (χ2v) is 4.65. The molecule has 1 aromatic heterocycles. The zero-order valence-electron chi connectivity index (χ0n) is 8.07. The Hall–Kier alpha value is -0.680. The van der Waals surface area contributed by atoms with Gasteiger partial charge in [0.25, 0.3) is 0 Å². The number of anilines is 1. The van der Waals surface area contributed by atoms with Gasteiger partial charge in [0.2, 0.25) is 5.13 Å². The maximum Gasteiger partial charge on any atom is 0.202 e. The molecular formula is C9H15N3OS. The SMILES string of the molecule is OCC1(Nc2ncns2)CCCCC1. The highest BCUT2D eigenvalue weighted by atomic mass is 32.1. The van der Waals surface area contributed by atoms with Crippen molar-refractivity contribution in [2.45, 2.75) is 37.6 Å². The lowest BCUT2D eigenvalue weighted by atomic mass is 9.82. The van der Waals surface area contributed by atoms with E-state index in [0.717, 1.165) is 18.0 Å². The van der Waals surface area contributed by atoms with Gasteiger partial charge in [-0.05, 0) is 12.8 Å². The average molecular weight is 213 g/mol. The Morgan fingerprint density at radius 1 is 1.43 bits per heavy atom. The lowest BCUT2D eigenvalue weighted by molar-refractivity contribution is 0.173. The quantitative estimate of drug-likeness (QED) is 0.801. The molecule has 2 N–H and O–H groups in total. The van der Waals surface area contributed by atoms with Gasteiger partial charge >= 0.3 is 0 Å². The number of aromatic nitrogens is 2. The molecule has 1 saturated carbocycles. The van der Waals surface area contributed by atoms with Gasteiger partial charge in [0, 0.05) is 11.5 Å². The molecule has 0 radical (unpaired) electrons. The lowest BCUT2D eigenvalue weighted by Crippen LogP contribution is -2.43. The molecule has 2 rings (SSSR count). The molecule has 0 aromatic carbocycles. The summed E-state index contributed by atoms with van der Waals surface area (Å²) >= 11 is 1.35. The van der Waals surface area contributed by atoms with E-state index in [1.807, 2.05) is 0 Å². The van der Waals surface area contributed by atoms with E-state index in [1.165, 1.54) is 30.8 Å². The summed E-state index contributed by atoms with van der Waals surface area (Å²) in [5, 5.41) is 13.6. The molecule has 0 bridgehead atoms. The maximum absolute atomic E-state index is 9.43. The number of aliphatic hydroxyl groups is 1. The van der Waals surface area contributed by atoms with Crippen molar-refractivity contribution in [1.82, 2.24) is 9.36 Å². The minimum atomic E-state index is -0.141. The highest BCUT2D eigenvalue weighted by Crippen LogP contribution is 2.31. The molecule has 0 amide bonds. The molecule has 0 saturated heterocycles. The largest absolute Gasteiger partial charge is 0.394 e. The molecule has 4 nitrogen and oxygen atoms in total. The molecular weight excluding hydrogens is 198 g/mol. The number of rotatable bonds is 3. The van der Waals surface area contributed by atoms with Crippen LogP contribution in [0, 0.1) is 0 Å². The monoisotopic (exact) mass is 213 g/mol. The van der Waals surface area contributed by atoms with Crippen molar-refractivity contribution in [3.63, 3.8) is 0 Å². The van der Waals surface area contributed by atoms with Crippen LogP contribution in [0.5, 0.6) is 0 Å². The number of hydrogen-bond donors (Lipinski definition) is 2. The Labute approximate surface area is 87.5 Å². The molecule has 14 heavy (non-hydrogen) atoms. The van der Waals surface area contributed by atoms with Crippen LogP contribution in [0.3, 0.4) is 0 Å². The molecule has 0 aliphatic heterocycles. The van der Waals surface area contributed by atoms with E-state index in [2.05, 4.69) is 14.7 Å². The van der Waals surface area contributed by atoms with Crippen LogP contribution in [-0.4, -0.2) is 26.6 Å². The maximum atomic E-state index is 9.43. The first kappa shape index (κ1) is 9.86. The standard InChI is InChI=1S/C9H15N3OS/c13-6-9(4-2-1-3-5-9)12-8-10-7-11-14-8/h7,13H,1-6H2,(H,10,11,12). The molecule has 1 heterocycles. The van der Waals surface area contributed by atoms with Crippen molar-refractivity contribution in [3.05, 3.63) is 6.33 Å². The van der Waals surface area contributed by atoms with Crippen LogP contribution in [0.25, 0.3) is 0 Å². The molecule has 5 heteroatoms. The molecule has 0 spiro atoms. The minimum Gasteiger partial charge on any atom is -0.394 e. The fraction of sp³-hybridized carbons (Fsp3) is 0.778. The van der Waals surface area contributed by atoms with Crippen LogP contribution < -0.4 is 5.32 Å². The predicted molar refractivity (Wildman–Crippen MR) is 56.4 cm³/mol. The Bertz CT molecular complexity index is 270. The molecule has 1 aromatic rings. The third-order valence-corrected chi connectivity index (χ3v) is 3.43. The normalized spacial score (nSPS) is 20.6. The first-order valence-corrected chi connectivity index (χ1v) is 5.78. The van der Waals surface area contributed by atoms with E-state index in [1.54, 1.807) is 6.33 Å². The van der Waals surface area contributed by atoms with Crippen LogP contribution in [0.4, 0.5) is 5.13 Å². The van der Waals surface area contributed by atoms with E-state index in [0.29, 0.717) is 0 Å². The molecule has 0 unspecified atom stereocenters. The van der Waals surface area contributed by atoms with Crippen molar-refractivity contribution in [2.75, 3.05) is 11.9 Å². The van der Waals surface area contributed by atoms with Gasteiger partial charge in [-0.25, -0.2) is 4.98 Å². The van der Waals surface area contributed by atoms with E-state index in [9.17, 15) is 5.11 Å². The average Bonchev–Trinajstić information content (AvgIpc) is 2.72. The summed E-state index contributed by atoms with van der Waals surface area (Å²) in [5.74, 6) is 0. The highest BCUT2D eigenvalue weighted by molar-refractivity contribution is 7.09. The fourth-order valence-corrected chi connectivity index (χ4v) is 2.56. The van der Waals surface area contributed by atoms with Gasteiger partial charge in [0.15, 0.2) is 0 Å². The zero-order valence-corrected chi connectivity index (χ0v) is 8.89. The molecule has 1 aliphatic rings. The third kappa shape index (κ3) is 2.04. The minimum absolute atomic E-state index is 0.141. The topological polar surface area (TPSA) is 58.0 Å². The fourth-order valence-electron chi connectivity index (χ4n) is 2.01. The van der Waals surface area contributed by atoms with Crippen LogP contribution in [0.15, 0.2) is 6.33 Å².